The van der Waals surface area contributed by atoms with E-state index in [4.69, 9.17) is 0 Å². The molecule has 0 aliphatic rings. The van der Waals surface area contributed by atoms with Gasteiger partial charge in [-0.05, 0) is 43.7 Å². The predicted octanol–water partition coefficient (Wildman–Crippen LogP) is 5.40. The van der Waals surface area contributed by atoms with Crippen LogP contribution in [0.15, 0.2) is 27.6 Å². The number of rotatable bonds is 5. The molecule has 1 aromatic rings. The van der Waals surface area contributed by atoms with Gasteiger partial charge in [0.2, 0.25) is 0 Å². The zero-order valence-electron chi connectivity index (χ0n) is 12.0. The van der Waals surface area contributed by atoms with Crippen LogP contribution in [0.5, 0.6) is 0 Å². The third-order valence-corrected chi connectivity index (χ3v) is 4.25. The normalized spacial score (nSPS) is 13.7. The number of hydrogen-bond acceptors (Lipinski definition) is 2. The second kappa shape index (κ2) is 6.97. The summed E-state index contributed by atoms with van der Waals surface area (Å²) >= 11 is 5.51. The largest absolute Gasteiger partial charge is 0.310 e. The van der Waals surface area contributed by atoms with Crippen LogP contribution < -0.4 is 5.32 Å². The van der Waals surface area contributed by atoms with E-state index in [-0.39, 0.29) is 4.75 Å². The highest BCUT2D eigenvalue weighted by Crippen LogP contribution is 2.37. The second-order valence-corrected chi connectivity index (χ2v) is 8.36. The van der Waals surface area contributed by atoms with Crippen molar-refractivity contribution in [3.8, 4) is 0 Å². The van der Waals surface area contributed by atoms with Gasteiger partial charge in [0, 0.05) is 20.2 Å². The number of benzene rings is 1. The van der Waals surface area contributed by atoms with Gasteiger partial charge in [0.15, 0.2) is 0 Å². The van der Waals surface area contributed by atoms with Crippen molar-refractivity contribution in [3.63, 3.8) is 0 Å². The lowest BCUT2D eigenvalue weighted by Crippen LogP contribution is -2.20. The summed E-state index contributed by atoms with van der Waals surface area (Å²) < 4.78 is 1.40. The van der Waals surface area contributed by atoms with E-state index in [9.17, 15) is 0 Å². The summed E-state index contributed by atoms with van der Waals surface area (Å²) in [7, 11) is 0. The van der Waals surface area contributed by atoms with E-state index in [2.05, 4.69) is 74.1 Å². The van der Waals surface area contributed by atoms with Crippen molar-refractivity contribution >= 4 is 27.7 Å². The Morgan fingerprint density at radius 3 is 2.56 bits per heavy atom. The molecular formula is C15H24BrNS. The van der Waals surface area contributed by atoms with Crippen molar-refractivity contribution in [2.75, 3.05) is 6.54 Å². The molecule has 1 atom stereocenters. The first-order valence-electron chi connectivity index (χ1n) is 6.55. The SMILES string of the molecule is CCCNC(C)c1cc(Br)ccc1SC(C)(C)C. The Morgan fingerprint density at radius 2 is 2.00 bits per heavy atom. The molecule has 0 saturated carbocycles. The molecule has 102 valence electrons. The van der Waals surface area contributed by atoms with Crippen molar-refractivity contribution in [2.24, 2.45) is 0 Å². The molecule has 0 spiro atoms. The van der Waals surface area contributed by atoms with Gasteiger partial charge in [0.1, 0.15) is 0 Å². The second-order valence-electron chi connectivity index (χ2n) is 5.57. The zero-order chi connectivity index (χ0) is 13.8. The fraction of sp³-hybridized carbons (Fsp3) is 0.600. The van der Waals surface area contributed by atoms with Crippen molar-refractivity contribution in [3.05, 3.63) is 28.2 Å². The van der Waals surface area contributed by atoms with E-state index < -0.39 is 0 Å². The van der Waals surface area contributed by atoms with E-state index in [0.29, 0.717) is 6.04 Å². The van der Waals surface area contributed by atoms with Crippen molar-refractivity contribution in [1.82, 2.24) is 5.32 Å². The van der Waals surface area contributed by atoms with E-state index in [1.807, 2.05) is 11.8 Å². The molecule has 0 aliphatic carbocycles. The summed E-state index contributed by atoms with van der Waals surface area (Å²) in [6, 6.07) is 6.98. The van der Waals surface area contributed by atoms with Crippen LogP contribution in [0, 0.1) is 0 Å². The van der Waals surface area contributed by atoms with E-state index >= 15 is 0 Å². The van der Waals surface area contributed by atoms with Gasteiger partial charge in [0.25, 0.3) is 0 Å². The Labute approximate surface area is 124 Å². The van der Waals surface area contributed by atoms with Crippen LogP contribution in [-0.2, 0) is 0 Å². The molecule has 1 rings (SSSR count). The van der Waals surface area contributed by atoms with Gasteiger partial charge in [-0.1, -0.05) is 43.6 Å². The first-order valence-corrected chi connectivity index (χ1v) is 8.16. The minimum absolute atomic E-state index is 0.243. The lowest BCUT2D eigenvalue weighted by Gasteiger charge is -2.23. The number of thioether (sulfide) groups is 1. The molecule has 0 radical (unpaired) electrons. The van der Waals surface area contributed by atoms with Gasteiger partial charge in [0.05, 0.1) is 0 Å². The lowest BCUT2D eigenvalue weighted by molar-refractivity contribution is 0.563. The summed E-state index contributed by atoms with van der Waals surface area (Å²) in [5, 5.41) is 3.57. The van der Waals surface area contributed by atoms with Crippen LogP contribution in [0.25, 0.3) is 0 Å². The summed E-state index contributed by atoms with van der Waals surface area (Å²) in [6.07, 6.45) is 1.17. The van der Waals surface area contributed by atoms with Gasteiger partial charge in [-0.2, -0.15) is 0 Å². The van der Waals surface area contributed by atoms with E-state index in [1.54, 1.807) is 0 Å². The summed E-state index contributed by atoms with van der Waals surface area (Å²) in [6.45, 7) is 12.3. The molecule has 0 fully saturated rings. The molecule has 0 heterocycles. The highest BCUT2D eigenvalue weighted by atomic mass is 79.9. The number of halogens is 1. The molecule has 1 N–H and O–H groups in total. The fourth-order valence-electron chi connectivity index (χ4n) is 1.75. The molecular weight excluding hydrogens is 306 g/mol. The molecule has 3 heteroatoms. The molecule has 0 saturated heterocycles. The zero-order valence-corrected chi connectivity index (χ0v) is 14.4. The van der Waals surface area contributed by atoms with Gasteiger partial charge < -0.3 is 5.32 Å². The van der Waals surface area contributed by atoms with Crippen molar-refractivity contribution in [1.29, 1.82) is 0 Å². The maximum Gasteiger partial charge on any atom is 0.0303 e. The molecule has 0 aliphatic heterocycles. The molecule has 18 heavy (non-hydrogen) atoms. The van der Waals surface area contributed by atoms with Gasteiger partial charge in [-0.15, -0.1) is 11.8 Å². The predicted molar refractivity (Wildman–Crippen MR) is 86.5 cm³/mol. The highest BCUT2D eigenvalue weighted by molar-refractivity contribution is 9.10. The molecule has 1 aromatic carbocycles. The fourth-order valence-corrected chi connectivity index (χ4v) is 3.28. The van der Waals surface area contributed by atoms with Crippen LogP contribution >= 0.6 is 27.7 Å². The summed E-state index contributed by atoms with van der Waals surface area (Å²) in [4.78, 5) is 1.38. The maximum atomic E-state index is 3.58. The molecule has 1 unspecified atom stereocenters. The van der Waals surface area contributed by atoms with Gasteiger partial charge in [-0.3, -0.25) is 0 Å². The molecule has 1 nitrogen and oxygen atoms in total. The van der Waals surface area contributed by atoms with Crippen LogP contribution in [0.1, 0.15) is 52.6 Å². The number of hydrogen-bond donors (Lipinski definition) is 1. The van der Waals surface area contributed by atoms with E-state index in [0.717, 1.165) is 11.0 Å². The quantitative estimate of drug-likeness (QED) is 0.726. The molecule has 0 amide bonds. The average Bonchev–Trinajstić information content (AvgIpc) is 2.26. The molecule has 0 bridgehead atoms. The van der Waals surface area contributed by atoms with Crippen molar-refractivity contribution in [2.45, 2.75) is 56.7 Å². The Hall–Kier alpha value is 0.01000. The third-order valence-electron chi connectivity index (χ3n) is 2.56. The van der Waals surface area contributed by atoms with Crippen molar-refractivity contribution < 1.29 is 0 Å². The van der Waals surface area contributed by atoms with Gasteiger partial charge >= 0.3 is 0 Å². The topological polar surface area (TPSA) is 12.0 Å². The lowest BCUT2D eigenvalue weighted by atomic mass is 10.1. The molecule has 0 aromatic heterocycles. The highest BCUT2D eigenvalue weighted by Gasteiger charge is 2.17. The first-order chi connectivity index (χ1) is 8.33. The Kier molecular flexibility index (Phi) is 6.22. The van der Waals surface area contributed by atoms with Gasteiger partial charge in [-0.25, -0.2) is 0 Å². The Bertz CT molecular complexity index is 385. The van der Waals surface area contributed by atoms with Crippen LogP contribution in [0.2, 0.25) is 0 Å². The minimum atomic E-state index is 0.243. The van der Waals surface area contributed by atoms with Crippen LogP contribution in [-0.4, -0.2) is 11.3 Å². The monoisotopic (exact) mass is 329 g/mol. The maximum absolute atomic E-state index is 3.58. The number of nitrogens with one attached hydrogen (secondary N) is 1. The summed E-state index contributed by atoms with van der Waals surface area (Å²) in [5.41, 5.74) is 1.39. The Balaban J connectivity index is 2.96. The average molecular weight is 330 g/mol. The van der Waals surface area contributed by atoms with Crippen LogP contribution in [0.4, 0.5) is 0 Å². The van der Waals surface area contributed by atoms with E-state index in [1.165, 1.54) is 16.9 Å². The first kappa shape index (κ1) is 16.1. The minimum Gasteiger partial charge on any atom is -0.310 e. The van der Waals surface area contributed by atoms with Crippen LogP contribution in [0.3, 0.4) is 0 Å². The summed E-state index contributed by atoms with van der Waals surface area (Å²) in [5.74, 6) is 0. The Morgan fingerprint density at radius 1 is 1.33 bits per heavy atom. The standard InChI is InChI=1S/C15H24BrNS/c1-6-9-17-11(2)13-10-12(16)7-8-14(13)18-15(3,4)5/h7-8,10-11,17H,6,9H2,1-5H3. The third kappa shape index (κ3) is 5.33. The smallest absolute Gasteiger partial charge is 0.0303 e.